The monoisotopic (exact) mass is 300 g/mol. The fraction of sp³-hybridized carbons (Fsp3) is 1.00. The summed E-state index contributed by atoms with van der Waals surface area (Å²) < 4.78 is 11.5. The number of ether oxygens (including phenoxy) is 2. The van der Waals surface area contributed by atoms with Gasteiger partial charge in [0.15, 0.2) is 0 Å². The molecule has 1 aliphatic rings. The molecule has 0 aromatic rings. The second-order valence-electron chi connectivity index (χ2n) is 7.13. The van der Waals surface area contributed by atoms with E-state index < -0.39 is 6.10 Å². The topological polar surface area (TPSA) is 38.7 Å². The Hall–Kier alpha value is -0.120. The average molecular weight is 300 g/mol. The highest BCUT2D eigenvalue weighted by atomic mass is 16.5. The van der Waals surface area contributed by atoms with E-state index in [1.807, 2.05) is 0 Å². The highest BCUT2D eigenvalue weighted by molar-refractivity contribution is 4.81. The van der Waals surface area contributed by atoms with Crippen LogP contribution in [0.1, 0.15) is 66.2 Å². The maximum Gasteiger partial charge on any atom is 0.101 e. The number of rotatable bonds is 10. The molecule has 0 aliphatic heterocycles. The average Bonchev–Trinajstić information content (AvgIpc) is 2.44. The molecule has 0 heterocycles. The number of hydrogen-bond donors (Lipinski definition) is 1. The molecule has 0 radical (unpaired) electrons. The van der Waals surface area contributed by atoms with Crippen LogP contribution >= 0.6 is 0 Å². The number of aliphatic hydroxyl groups excluding tert-OH is 1. The van der Waals surface area contributed by atoms with Crippen LogP contribution in [-0.4, -0.2) is 37.1 Å². The summed E-state index contributed by atoms with van der Waals surface area (Å²) in [6, 6.07) is 0. The summed E-state index contributed by atoms with van der Waals surface area (Å²) in [7, 11) is 0. The number of unbranched alkanes of at least 4 members (excludes halogenated alkanes) is 2. The molecule has 0 spiro atoms. The van der Waals surface area contributed by atoms with Gasteiger partial charge in [-0.15, -0.1) is 0 Å². The minimum absolute atomic E-state index is 0.309. The van der Waals surface area contributed by atoms with Gasteiger partial charge in [0.2, 0.25) is 0 Å². The summed E-state index contributed by atoms with van der Waals surface area (Å²) in [5.74, 6) is 2.04. The smallest absolute Gasteiger partial charge is 0.101 e. The molecule has 4 unspecified atom stereocenters. The Bertz CT molecular complexity index is 255. The van der Waals surface area contributed by atoms with Crippen molar-refractivity contribution in [3.05, 3.63) is 0 Å². The molecule has 1 fully saturated rings. The molecular formula is C18H36O3. The lowest BCUT2D eigenvalue weighted by Gasteiger charge is -2.37. The molecule has 4 atom stereocenters. The lowest BCUT2D eigenvalue weighted by atomic mass is 9.75. The van der Waals surface area contributed by atoms with Crippen molar-refractivity contribution >= 4 is 0 Å². The Kier molecular flexibility index (Phi) is 9.54. The van der Waals surface area contributed by atoms with Crippen LogP contribution in [-0.2, 0) is 9.47 Å². The first-order chi connectivity index (χ1) is 10.0. The third-order valence-electron chi connectivity index (χ3n) is 4.67. The third kappa shape index (κ3) is 7.62. The van der Waals surface area contributed by atoms with Crippen molar-refractivity contribution in [2.75, 3.05) is 19.8 Å². The van der Waals surface area contributed by atoms with Gasteiger partial charge in [0.25, 0.3) is 0 Å². The van der Waals surface area contributed by atoms with Crippen LogP contribution < -0.4 is 0 Å². The van der Waals surface area contributed by atoms with E-state index in [1.165, 1.54) is 25.7 Å². The van der Waals surface area contributed by atoms with E-state index in [-0.39, 0.29) is 0 Å². The van der Waals surface area contributed by atoms with Crippen molar-refractivity contribution in [1.82, 2.24) is 0 Å². The Labute approximate surface area is 131 Å². The van der Waals surface area contributed by atoms with Crippen molar-refractivity contribution in [3.8, 4) is 0 Å². The first-order valence-corrected chi connectivity index (χ1v) is 8.92. The van der Waals surface area contributed by atoms with E-state index in [0.717, 1.165) is 25.4 Å². The SMILES string of the molecule is CCCCCOCC(O)COC1CC(C)CCC1C(C)C. The van der Waals surface area contributed by atoms with Gasteiger partial charge in [-0.3, -0.25) is 0 Å². The Morgan fingerprint density at radius 1 is 1.14 bits per heavy atom. The van der Waals surface area contributed by atoms with Gasteiger partial charge in [0.1, 0.15) is 6.10 Å². The van der Waals surface area contributed by atoms with Gasteiger partial charge in [-0.25, -0.2) is 0 Å². The fourth-order valence-corrected chi connectivity index (χ4v) is 3.26. The molecule has 21 heavy (non-hydrogen) atoms. The molecule has 1 saturated carbocycles. The van der Waals surface area contributed by atoms with Crippen molar-refractivity contribution < 1.29 is 14.6 Å². The molecule has 0 amide bonds. The van der Waals surface area contributed by atoms with Crippen LogP contribution in [0, 0.1) is 17.8 Å². The zero-order valence-corrected chi connectivity index (χ0v) is 14.5. The normalized spacial score (nSPS) is 28.0. The summed E-state index contributed by atoms with van der Waals surface area (Å²) in [4.78, 5) is 0. The molecule has 3 nitrogen and oxygen atoms in total. The molecule has 1 N–H and O–H groups in total. The minimum Gasteiger partial charge on any atom is -0.388 e. The quantitative estimate of drug-likeness (QED) is 0.619. The Morgan fingerprint density at radius 2 is 1.90 bits per heavy atom. The van der Waals surface area contributed by atoms with E-state index in [9.17, 15) is 5.11 Å². The standard InChI is InChI=1S/C18H36O3/c1-5-6-7-10-20-12-16(19)13-21-18-11-15(4)8-9-17(18)14(2)3/h14-19H,5-13H2,1-4H3. The predicted octanol–water partition coefficient (Wildman–Crippen LogP) is 4.03. The van der Waals surface area contributed by atoms with Gasteiger partial charge in [-0.1, -0.05) is 47.0 Å². The van der Waals surface area contributed by atoms with E-state index >= 15 is 0 Å². The second-order valence-corrected chi connectivity index (χ2v) is 7.13. The van der Waals surface area contributed by atoms with Crippen molar-refractivity contribution in [3.63, 3.8) is 0 Å². The third-order valence-corrected chi connectivity index (χ3v) is 4.67. The van der Waals surface area contributed by atoms with Crippen LogP contribution in [0.4, 0.5) is 0 Å². The molecule has 0 aromatic carbocycles. The zero-order valence-electron chi connectivity index (χ0n) is 14.5. The summed E-state index contributed by atoms with van der Waals surface area (Å²) in [5, 5.41) is 9.98. The summed E-state index contributed by atoms with van der Waals surface area (Å²) in [6.45, 7) is 10.6. The van der Waals surface area contributed by atoms with Crippen LogP contribution in [0.5, 0.6) is 0 Å². The van der Waals surface area contributed by atoms with Crippen LogP contribution in [0.15, 0.2) is 0 Å². The zero-order chi connectivity index (χ0) is 15.7. The molecule has 0 saturated heterocycles. The highest BCUT2D eigenvalue weighted by Gasteiger charge is 2.31. The van der Waals surface area contributed by atoms with E-state index in [1.54, 1.807) is 0 Å². The molecule has 1 rings (SSSR count). The molecule has 0 aromatic heterocycles. The Balaban J connectivity index is 2.21. The maximum absolute atomic E-state index is 9.98. The van der Waals surface area contributed by atoms with Gasteiger partial charge >= 0.3 is 0 Å². The number of hydrogen-bond acceptors (Lipinski definition) is 3. The Morgan fingerprint density at radius 3 is 2.57 bits per heavy atom. The largest absolute Gasteiger partial charge is 0.388 e. The van der Waals surface area contributed by atoms with Crippen molar-refractivity contribution in [2.45, 2.75) is 78.4 Å². The molecule has 126 valence electrons. The summed E-state index contributed by atoms with van der Waals surface area (Å²) >= 11 is 0. The van der Waals surface area contributed by atoms with E-state index in [0.29, 0.717) is 31.2 Å². The van der Waals surface area contributed by atoms with Gasteiger partial charge in [-0.05, 0) is 37.0 Å². The highest BCUT2D eigenvalue weighted by Crippen LogP contribution is 2.35. The van der Waals surface area contributed by atoms with Gasteiger partial charge in [-0.2, -0.15) is 0 Å². The van der Waals surface area contributed by atoms with E-state index in [4.69, 9.17) is 9.47 Å². The minimum atomic E-state index is -0.489. The van der Waals surface area contributed by atoms with Gasteiger partial charge in [0, 0.05) is 6.61 Å². The second kappa shape index (κ2) is 10.6. The fourth-order valence-electron chi connectivity index (χ4n) is 3.26. The van der Waals surface area contributed by atoms with E-state index in [2.05, 4.69) is 27.7 Å². The molecule has 1 aliphatic carbocycles. The molecular weight excluding hydrogens is 264 g/mol. The maximum atomic E-state index is 9.98. The summed E-state index contributed by atoms with van der Waals surface area (Å²) in [5.41, 5.74) is 0. The van der Waals surface area contributed by atoms with Crippen LogP contribution in [0.3, 0.4) is 0 Å². The van der Waals surface area contributed by atoms with Crippen LogP contribution in [0.2, 0.25) is 0 Å². The van der Waals surface area contributed by atoms with Gasteiger partial charge in [0.05, 0.1) is 19.3 Å². The first kappa shape index (κ1) is 18.9. The molecule has 0 bridgehead atoms. The summed E-state index contributed by atoms with van der Waals surface area (Å²) in [6.07, 6.45) is 7.00. The number of aliphatic hydroxyl groups is 1. The predicted molar refractivity (Wildman–Crippen MR) is 87.4 cm³/mol. The van der Waals surface area contributed by atoms with Gasteiger partial charge < -0.3 is 14.6 Å². The molecule has 3 heteroatoms. The van der Waals surface area contributed by atoms with Crippen molar-refractivity contribution in [1.29, 1.82) is 0 Å². The first-order valence-electron chi connectivity index (χ1n) is 8.92. The lowest BCUT2D eigenvalue weighted by Crippen LogP contribution is -2.36. The lowest BCUT2D eigenvalue weighted by molar-refractivity contribution is -0.0847. The van der Waals surface area contributed by atoms with Crippen LogP contribution in [0.25, 0.3) is 0 Å². The van der Waals surface area contributed by atoms with Crippen molar-refractivity contribution in [2.24, 2.45) is 17.8 Å².